The highest BCUT2D eigenvalue weighted by Gasteiger charge is 2.22. The van der Waals surface area contributed by atoms with Crippen molar-refractivity contribution in [3.05, 3.63) is 132 Å². The lowest BCUT2D eigenvalue weighted by molar-refractivity contribution is -0.140. The summed E-state index contributed by atoms with van der Waals surface area (Å²) in [6, 6.07) is 34.1. The van der Waals surface area contributed by atoms with Gasteiger partial charge >= 0.3 is 0 Å². The fourth-order valence-corrected chi connectivity index (χ4v) is 5.50. The zero-order valence-electron chi connectivity index (χ0n) is 26.4. The topological polar surface area (TPSA) is 68.9 Å². The van der Waals surface area contributed by atoms with Crippen LogP contribution in [0.1, 0.15) is 22.3 Å². The molecular weight excluding hydrogens is 560 g/mol. The summed E-state index contributed by atoms with van der Waals surface area (Å²) in [5, 5.41) is 1.17. The number of aromatic nitrogens is 1. The second-order valence-corrected chi connectivity index (χ2v) is 11.6. The van der Waals surface area contributed by atoms with Crippen molar-refractivity contribution >= 4 is 28.4 Å². The van der Waals surface area contributed by atoms with Crippen LogP contribution in [0, 0.1) is 0 Å². The first-order chi connectivity index (χ1) is 21.9. The smallest absolute Gasteiger partial charge is 0.242 e. The molecule has 1 heterocycles. The molecule has 4 aromatic carbocycles. The predicted octanol–water partition coefficient (Wildman–Crippen LogP) is 6.13. The van der Waals surface area contributed by atoms with E-state index in [-0.39, 0.29) is 24.8 Å². The van der Waals surface area contributed by atoms with E-state index in [1.54, 1.807) is 12.0 Å². The number of aromatic amines is 1. The second-order valence-electron chi connectivity index (χ2n) is 11.6. The van der Waals surface area contributed by atoms with Gasteiger partial charge in [-0.15, -0.1) is 0 Å². The molecule has 5 rings (SSSR count). The molecule has 0 atom stereocenters. The van der Waals surface area contributed by atoms with E-state index in [1.165, 1.54) is 10.9 Å². The number of nitrogens with zero attached hydrogens (tertiary/aromatic N) is 3. The van der Waals surface area contributed by atoms with Gasteiger partial charge in [-0.1, -0.05) is 72.8 Å². The first kappa shape index (κ1) is 31.4. The number of para-hydroxylation sites is 1. The molecule has 45 heavy (non-hydrogen) atoms. The summed E-state index contributed by atoms with van der Waals surface area (Å²) >= 11 is 0. The van der Waals surface area contributed by atoms with Gasteiger partial charge in [-0.05, 0) is 65.4 Å². The first-order valence-electron chi connectivity index (χ1n) is 15.4. The lowest BCUT2D eigenvalue weighted by Gasteiger charge is -2.28. The normalized spacial score (nSPS) is 10.9. The standard InChI is InChI=1S/C38H42N4O3/c1-40(2)33-17-13-31(14-18-33)27-41(24-22-32-26-39-36-12-8-7-11-35(32)36)38(44)28-42(23-21-29-9-5-4-6-10-29)37(43)25-30-15-19-34(45-3)20-16-30/h4-20,26,39H,21-25,27-28H2,1-3H3. The van der Waals surface area contributed by atoms with Crippen LogP contribution >= 0.6 is 0 Å². The quantitative estimate of drug-likeness (QED) is 0.166. The Morgan fingerprint density at radius 2 is 1.36 bits per heavy atom. The monoisotopic (exact) mass is 602 g/mol. The summed E-state index contributed by atoms with van der Waals surface area (Å²) in [7, 11) is 5.65. The van der Waals surface area contributed by atoms with Gasteiger partial charge in [0.25, 0.3) is 0 Å². The van der Waals surface area contributed by atoms with Crippen LogP contribution in [-0.4, -0.2) is 67.4 Å². The molecule has 0 bridgehead atoms. The Balaban J connectivity index is 1.35. The fourth-order valence-electron chi connectivity index (χ4n) is 5.50. The average Bonchev–Trinajstić information content (AvgIpc) is 3.48. The minimum Gasteiger partial charge on any atom is -0.497 e. The number of carbonyl (C=O) groups is 2. The minimum atomic E-state index is -0.0728. The molecule has 1 aromatic heterocycles. The molecule has 2 amide bonds. The Morgan fingerprint density at radius 3 is 2.07 bits per heavy atom. The Bertz CT molecular complexity index is 1680. The van der Waals surface area contributed by atoms with Crippen LogP contribution in [-0.2, 0) is 35.4 Å². The third-order valence-corrected chi connectivity index (χ3v) is 8.21. The molecule has 0 saturated carbocycles. The molecule has 0 radical (unpaired) electrons. The summed E-state index contributed by atoms with van der Waals surface area (Å²) in [6.45, 7) is 1.48. The number of rotatable bonds is 14. The Kier molecular flexibility index (Phi) is 10.5. The zero-order chi connectivity index (χ0) is 31.6. The van der Waals surface area contributed by atoms with Crippen molar-refractivity contribution in [3.63, 3.8) is 0 Å². The number of nitrogens with one attached hydrogen (secondary N) is 1. The van der Waals surface area contributed by atoms with Crippen LogP contribution in [0.15, 0.2) is 109 Å². The van der Waals surface area contributed by atoms with E-state index in [4.69, 9.17) is 4.74 Å². The van der Waals surface area contributed by atoms with Crippen LogP contribution in [0.4, 0.5) is 5.69 Å². The molecule has 7 nitrogen and oxygen atoms in total. The lowest BCUT2D eigenvalue weighted by Crippen LogP contribution is -2.44. The van der Waals surface area contributed by atoms with Gasteiger partial charge in [0.15, 0.2) is 0 Å². The molecule has 0 aliphatic carbocycles. The van der Waals surface area contributed by atoms with Crippen LogP contribution in [0.2, 0.25) is 0 Å². The van der Waals surface area contributed by atoms with Crippen molar-refractivity contribution in [1.29, 1.82) is 0 Å². The van der Waals surface area contributed by atoms with Gasteiger partial charge in [-0.3, -0.25) is 9.59 Å². The molecule has 0 spiro atoms. The summed E-state index contributed by atoms with van der Waals surface area (Å²) in [5.41, 5.74) is 6.42. The van der Waals surface area contributed by atoms with Gasteiger partial charge in [0.2, 0.25) is 11.8 Å². The third-order valence-electron chi connectivity index (χ3n) is 8.21. The van der Waals surface area contributed by atoms with E-state index in [1.807, 2.05) is 79.8 Å². The van der Waals surface area contributed by atoms with Crippen LogP contribution in [0.25, 0.3) is 10.9 Å². The van der Waals surface area contributed by atoms with E-state index in [0.29, 0.717) is 32.5 Å². The molecule has 232 valence electrons. The third kappa shape index (κ3) is 8.54. The molecule has 0 unspecified atom stereocenters. The number of H-pyrrole nitrogens is 1. The summed E-state index contributed by atoms with van der Waals surface area (Å²) < 4.78 is 5.28. The molecule has 7 heteroatoms. The Labute approximate surface area is 266 Å². The SMILES string of the molecule is COc1ccc(CC(=O)N(CCc2ccccc2)CC(=O)N(CCc2c[nH]c3ccccc23)Cc2ccc(N(C)C)cc2)cc1. The van der Waals surface area contributed by atoms with Crippen LogP contribution < -0.4 is 9.64 Å². The van der Waals surface area contributed by atoms with Gasteiger partial charge in [-0.25, -0.2) is 0 Å². The number of carbonyl (C=O) groups excluding carboxylic acids is 2. The number of hydrogen-bond donors (Lipinski definition) is 1. The lowest BCUT2D eigenvalue weighted by atomic mass is 10.1. The number of hydrogen-bond acceptors (Lipinski definition) is 4. The molecular formula is C38H42N4O3. The van der Waals surface area contributed by atoms with Crippen LogP contribution in [0.5, 0.6) is 5.75 Å². The molecule has 5 aromatic rings. The maximum absolute atomic E-state index is 14.1. The first-order valence-corrected chi connectivity index (χ1v) is 15.4. The number of benzene rings is 4. The summed E-state index contributed by atoms with van der Waals surface area (Å²) in [5.74, 6) is 0.603. The van der Waals surface area contributed by atoms with Gasteiger partial charge in [0.05, 0.1) is 20.1 Å². The van der Waals surface area contributed by atoms with E-state index >= 15 is 0 Å². The van der Waals surface area contributed by atoms with Gasteiger partial charge in [0, 0.05) is 56.5 Å². The molecule has 0 fully saturated rings. The maximum Gasteiger partial charge on any atom is 0.242 e. The maximum atomic E-state index is 14.1. The van der Waals surface area contributed by atoms with Gasteiger partial charge in [-0.2, -0.15) is 0 Å². The Hall–Kier alpha value is -5.04. The molecule has 0 aliphatic rings. The molecule has 0 aliphatic heterocycles. The Morgan fingerprint density at radius 1 is 0.689 bits per heavy atom. The highest BCUT2D eigenvalue weighted by molar-refractivity contribution is 5.86. The van der Waals surface area contributed by atoms with E-state index in [0.717, 1.165) is 33.6 Å². The highest BCUT2D eigenvalue weighted by atomic mass is 16.5. The largest absolute Gasteiger partial charge is 0.497 e. The number of anilines is 1. The van der Waals surface area contributed by atoms with E-state index in [2.05, 4.69) is 58.4 Å². The highest BCUT2D eigenvalue weighted by Crippen LogP contribution is 2.20. The summed E-state index contributed by atoms with van der Waals surface area (Å²) in [4.78, 5) is 36.8. The van der Waals surface area contributed by atoms with Gasteiger partial charge < -0.3 is 24.4 Å². The number of ether oxygens (including phenoxy) is 1. The van der Waals surface area contributed by atoms with Crippen molar-refractivity contribution in [3.8, 4) is 5.75 Å². The zero-order valence-corrected chi connectivity index (χ0v) is 26.4. The van der Waals surface area contributed by atoms with E-state index < -0.39 is 0 Å². The number of amides is 2. The molecule has 1 N–H and O–H groups in total. The van der Waals surface area contributed by atoms with E-state index in [9.17, 15) is 9.59 Å². The van der Waals surface area contributed by atoms with Gasteiger partial charge in [0.1, 0.15) is 5.75 Å². The average molecular weight is 603 g/mol. The number of fused-ring (bicyclic) bond motifs is 1. The summed E-state index contributed by atoms with van der Waals surface area (Å²) in [6.07, 6.45) is 3.62. The second kappa shape index (κ2) is 15.1. The van der Waals surface area contributed by atoms with Crippen LogP contribution in [0.3, 0.4) is 0 Å². The van der Waals surface area contributed by atoms with Crippen molar-refractivity contribution in [2.45, 2.75) is 25.8 Å². The van der Waals surface area contributed by atoms with Crippen molar-refractivity contribution < 1.29 is 14.3 Å². The molecule has 0 saturated heterocycles. The fraction of sp³-hybridized carbons (Fsp3) is 0.263. The number of methoxy groups -OCH3 is 1. The minimum absolute atomic E-state index is 0.0193. The van der Waals surface area contributed by atoms with Crippen molar-refractivity contribution in [2.75, 3.05) is 45.7 Å². The van der Waals surface area contributed by atoms with Crippen molar-refractivity contribution in [2.24, 2.45) is 0 Å². The predicted molar refractivity (Wildman–Crippen MR) is 182 cm³/mol. The van der Waals surface area contributed by atoms with Crippen molar-refractivity contribution in [1.82, 2.24) is 14.8 Å².